The van der Waals surface area contributed by atoms with Crippen LogP contribution in [0.2, 0.25) is 0 Å². The van der Waals surface area contributed by atoms with Gasteiger partial charge in [-0.25, -0.2) is 9.59 Å². The van der Waals surface area contributed by atoms with Gasteiger partial charge in [0.05, 0.1) is 11.1 Å². The van der Waals surface area contributed by atoms with Crippen LogP contribution in [0.5, 0.6) is 0 Å². The third-order valence-electron chi connectivity index (χ3n) is 1.73. The zero-order valence-corrected chi connectivity index (χ0v) is 8.83. The van der Waals surface area contributed by atoms with E-state index in [0.717, 1.165) is 6.07 Å². The van der Waals surface area contributed by atoms with Gasteiger partial charge in [-0.15, -0.1) is 0 Å². The Hall–Kier alpha value is -1.36. The van der Waals surface area contributed by atoms with Crippen molar-refractivity contribution in [2.75, 3.05) is 0 Å². The van der Waals surface area contributed by atoms with Crippen LogP contribution in [0.4, 0.5) is 0 Å². The SMILES string of the molecule is Cc1cc(C(=O)O)cc(C(=O)O)c1Br. The minimum Gasteiger partial charge on any atom is -0.478 e. The van der Waals surface area contributed by atoms with Gasteiger partial charge in [0.2, 0.25) is 0 Å². The van der Waals surface area contributed by atoms with Crippen molar-refractivity contribution in [3.63, 3.8) is 0 Å². The molecule has 5 heteroatoms. The van der Waals surface area contributed by atoms with Crippen LogP contribution in [0.1, 0.15) is 26.3 Å². The number of carbonyl (C=O) groups is 2. The molecule has 0 amide bonds. The lowest BCUT2D eigenvalue weighted by molar-refractivity contribution is 0.0695. The molecule has 2 N–H and O–H groups in total. The Balaban J connectivity index is 3.43. The van der Waals surface area contributed by atoms with Gasteiger partial charge in [-0.3, -0.25) is 0 Å². The van der Waals surface area contributed by atoms with Crippen LogP contribution in [0.3, 0.4) is 0 Å². The normalized spacial score (nSPS) is 9.86. The molecule has 1 aromatic rings. The molecule has 0 aromatic heterocycles. The number of hydrogen-bond acceptors (Lipinski definition) is 2. The van der Waals surface area contributed by atoms with E-state index in [1.807, 2.05) is 0 Å². The van der Waals surface area contributed by atoms with E-state index in [2.05, 4.69) is 15.9 Å². The second kappa shape index (κ2) is 3.79. The van der Waals surface area contributed by atoms with Crippen LogP contribution in [-0.4, -0.2) is 22.2 Å². The zero-order chi connectivity index (χ0) is 10.9. The molecule has 0 saturated heterocycles. The summed E-state index contributed by atoms with van der Waals surface area (Å²) in [5.41, 5.74) is 0.521. The molecule has 0 unspecified atom stereocenters. The summed E-state index contributed by atoms with van der Waals surface area (Å²) >= 11 is 3.09. The molecule has 0 aliphatic carbocycles. The van der Waals surface area contributed by atoms with E-state index in [9.17, 15) is 9.59 Å². The van der Waals surface area contributed by atoms with Gasteiger partial charge in [0.15, 0.2) is 0 Å². The number of carboxylic acid groups (broad SMARTS) is 2. The summed E-state index contributed by atoms with van der Waals surface area (Å²) in [6.07, 6.45) is 0. The number of aryl methyl sites for hydroxylation is 1. The molecule has 0 aliphatic rings. The van der Waals surface area contributed by atoms with E-state index in [1.54, 1.807) is 6.92 Å². The molecule has 0 aliphatic heterocycles. The van der Waals surface area contributed by atoms with Gasteiger partial charge in [-0.1, -0.05) is 0 Å². The zero-order valence-electron chi connectivity index (χ0n) is 7.24. The lowest BCUT2D eigenvalue weighted by Crippen LogP contribution is -2.04. The Bertz CT molecular complexity index is 412. The fourth-order valence-corrected chi connectivity index (χ4v) is 1.45. The summed E-state index contributed by atoms with van der Waals surface area (Å²) in [7, 11) is 0. The van der Waals surface area contributed by atoms with Gasteiger partial charge in [-0.2, -0.15) is 0 Å². The molecule has 0 atom stereocenters. The Labute approximate surface area is 88.3 Å². The molecule has 0 spiro atoms. The van der Waals surface area contributed by atoms with Crippen molar-refractivity contribution >= 4 is 27.9 Å². The number of hydrogen-bond donors (Lipinski definition) is 2. The second-order valence-electron chi connectivity index (χ2n) is 2.76. The van der Waals surface area contributed by atoms with E-state index in [1.165, 1.54) is 6.07 Å². The first-order chi connectivity index (χ1) is 6.43. The number of carboxylic acids is 2. The molecule has 74 valence electrons. The van der Waals surface area contributed by atoms with Crippen LogP contribution in [0, 0.1) is 6.92 Å². The second-order valence-corrected chi connectivity index (χ2v) is 3.56. The Morgan fingerprint density at radius 3 is 2.21 bits per heavy atom. The van der Waals surface area contributed by atoms with E-state index < -0.39 is 11.9 Å². The maximum Gasteiger partial charge on any atom is 0.336 e. The minimum absolute atomic E-state index is 0.0249. The Morgan fingerprint density at radius 1 is 1.21 bits per heavy atom. The standard InChI is InChI=1S/C9H7BrO4/c1-4-2-5(8(11)12)3-6(7(4)10)9(13)14/h2-3H,1H3,(H,11,12)(H,13,14). The van der Waals surface area contributed by atoms with E-state index in [4.69, 9.17) is 10.2 Å². The maximum atomic E-state index is 10.7. The molecular weight excluding hydrogens is 252 g/mol. The lowest BCUT2D eigenvalue weighted by Gasteiger charge is -2.04. The summed E-state index contributed by atoms with van der Waals surface area (Å²) in [4.78, 5) is 21.4. The molecule has 1 aromatic carbocycles. The highest BCUT2D eigenvalue weighted by Crippen LogP contribution is 2.23. The van der Waals surface area contributed by atoms with Gasteiger partial charge < -0.3 is 10.2 Å². The highest BCUT2D eigenvalue weighted by atomic mass is 79.9. The van der Waals surface area contributed by atoms with Crippen LogP contribution in [-0.2, 0) is 0 Å². The molecule has 1 rings (SSSR count). The van der Waals surface area contributed by atoms with Crippen molar-refractivity contribution in [1.82, 2.24) is 0 Å². The lowest BCUT2D eigenvalue weighted by atomic mass is 10.1. The van der Waals surface area contributed by atoms with Crippen molar-refractivity contribution in [2.45, 2.75) is 6.92 Å². The average Bonchev–Trinajstić information content (AvgIpc) is 2.08. The molecule has 0 bridgehead atoms. The largest absolute Gasteiger partial charge is 0.478 e. The average molecular weight is 259 g/mol. The van der Waals surface area contributed by atoms with E-state index >= 15 is 0 Å². The summed E-state index contributed by atoms with van der Waals surface area (Å²) < 4.78 is 0.412. The fraction of sp³-hybridized carbons (Fsp3) is 0.111. The highest BCUT2D eigenvalue weighted by Gasteiger charge is 2.14. The quantitative estimate of drug-likeness (QED) is 0.853. The summed E-state index contributed by atoms with van der Waals surface area (Å²) in [6.45, 7) is 1.64. The van der Waals surface area contributed by atoms with Crippen molar-refractivity contribution in [3.8, 4) is 0 Å². The first kappa shape index (κ1) is 10.7. The first-order valence-corrected chi connectivity index (χ1v) is 4.49. The van der Waals surface area contributed by atoms with Crippen molar-refractivity contribution in [3.05, 3.63) is 33.3 Å². The fourth-order valence-electron chi connectivity index (χ4n) is 1.05. The number of rotatable bonds is 2. The predicted octanol–water partition coefficient (Wildman–Crippen LogP) is 2.15. The van der Waals surface area contributed by atoms with E-state index in [-0.39, 0.29) is 11.1 Å². The predicted molar refractivity (Wildman–Crippen MR) is 52.8 cm³/mol. The monoisotopic (exact) mass is 258 g/mol. The first-order valence-electron chi connectivity index (χ1n) is 3.70. The van der Waals surface area contributed by atoms with Crippen LogP contribution in [0.15, 0.2) is 16.6 Å². The van der Waals surface area contributed by atoms with Gasteiger partial charge in [0.25, 0.3) is 0 Å². The Kier molecular flexibility index (Phi) is 2.90. The highest BCUT2D eigenvalue weighted by molar-refractivity contribution is 9.10. The molecular formula is C9H7BrO4. The van der Waals surface area contributed by atoms with Crippen LogP contribution < -0.4 is 0 Å². The maximum absolute atomic E-state index is 10.7. The summed E-state index contributed by atoms with van der Waals surface area (Å²) in [5.74, 6) is -2.29. The number of aromatic carboxylic acids is 2. The molecule has 0 fully saturated rings. The van der Waals surface area contributed by atoms with Gasteiger partial charge in [0.1, 0.15) is 0 Å². The Morgan fingerprint density at radius 2 is 1.79 bits per heavy atom. The summed E-state index contributed by atoms with van der Waals surface area (Å²) in [5, 5.41) is 17.5. The molecule has 0 radical (unpaired) electrons. The topological polar surface area (TPSA) is 74.6 Å². The molecule has 14 heavy (non-hydrogen) atoms. The third-order valence-corrected chi connectivity index (χ3v) is 2.78. The van der Waals surface area contributed by atoms with E-state index in [0.29, 0.717) is 10.0 Å². The smallest absolute Gasteiger partial charge is 0.336 e. The molecule has 0 heterocycles. The number of halogens is 1. The van der Waals surface area contributed by atoms with Crippen molar-refractivity contribution in [2.24, 2.45) is 0 Å². The molecule has 4 nitrogen and oxygen atoms in total. The molecule has 0 saturated carbocycles. The van der Waals surface area contributed by atoms with Crippen LogP contribution >= 0.6 is 15.9 Å². The third kappa shape index (κ3) is 1.93. The number of benzene rings is 1. The van der Waals surface area contributed by atoms with Crippen LogP contribution in [0.25, 0.3) is 0 Å². The van der Waals surface area contributed by atoms with Gasteiger partial charge >= 0.3 is 11.9 Å². The van der Waals surface area contributed by atoms with Gasteiger partial charge in [-0.05, 0) is 40.5 Å². The van der Waals surface area contributed by atoms with Gasteiger partial charge in [0, 0.05) is 4.47 Å². The summed E-state index contributed by atoms with van der Waals surface area (Å²) in [6, 6.07) is 2.54. The minimum atomic E-state index is -1.15. The van der Waals surface area contributed by atoms with Crippen molar-refractivity contribution < 1.29 is 19.8 Å². The van der Waals surface area contributed by atoms with Crippen molar-refractivity contribution in [1.29, 1.82) is 0 Å².